The highest BCUT2D eigenvalue weighted by atomic mass is 35.5. The number of amides is 3. The Kier molecular flexibility index (Phi) is 5.71. The predicted molar refractivity (Wildman–Crippen MR) is 89.4 cm³/mol. The molecule has 1 aliphatic heterocycles. The Hall–Kier alpha value is -2.66. The molecule has 1 aromatic heterocycles. The standard InChI is InChI=1S/C12H18ClN9O2/c1-21-2-4-22(5-3-21)12(24)20-17-6-16-11(23)7-9(14)19-10(15)8(13)18-7/h6H,2-5H2,1H3,(H,20,24)(H4,14,15,19)(H,16,17,23). The molecule has 2 rings (SSSR count). The minimum absolute atomic E-state index is 0.0705. The number of nitrogens with two attached hydrogens (primary N) is 2. The average Bonchev–Trinajstić information content (AvgIpc) is 2.55. The summed E-state index contributed by atoms with van der Waals surface area (Å²) < 4.78 is 0. The van der Waals surface area contributed by atoms with Crippen LogP contribution in [-0.2, 0) is 0 Å². The second kappa shape index (κ2) is 7.75. The molecule has 0 saturated carbocycles. The molecule has 0 unspecified atom stereocenters. The molecular formula is C12H18ClN9O2. The number of likely N-dealkylation sites (N-methyl/N-ethyl adjacent to an activating group) is 1. The maximum atomic E-state index is 11.9. The zero-order valence-corrected chi connectivity index (χ0v) is 13.7. The first-order valence-electron chi connectivity index (χ1n) is 7.03. The van der Waals surface area contributed by atoms with Crippen molar-refractivity contribution < 1.29 is 9.59 Å². The van der Waals surface area contributed by atoms with Gasteiger partial charge in [-0.05, 0) is 7.05 Å². The molecule has 0 aromatic carbocycles. The fourth-order valence-electron chi connectivity index (χ4n) is 1.94. The number of carbonyl (C=O) groups is 2. The lowest BCUT2D eigenvalue weighted by molar-refractivity contribution is 0.0974. The lowest BCUT2D eigenvalue weighted by Gasteiger charge is -2.31. The van der Waals surface area contributed by atoms with Gasteiger partial charge in [-0.1, -0.05) is 11.6 Å². The van der Waals surface area contributed by atoms with Gasteiger partial charge in [0, 0.05) is 26.2 Å². The number of hydrogen-bond acceptors (Lipinski definition) is 8. The Labute approximate surface area is 143 Å². The third-order valence-electron chi connectivity index (χ3n) is 3.33. The van der Waals surface area contributed by atoms with Gasteiger partial charge in [-0.3, -0.25) is 4.79 Å². The van der Waals surface area contributed by atoms with Crippen LogP contribution in [0.2, 0.25) is 5.15 Å². The first-order valence-corrected chi connectivity index (χ1v) is 7.40. The van der Waals surface area contributed by atoms with E-state index in [4.69, 9.17) is 23.1 Å². The highest BCUT2D eigenvalue weighted by Crippen LogP contribution is 2.16. The van der Waals surface area contributed by atoms with Crippen molar-refractivity contribution in [3.05, 3.63) is 10.8 Å². The summed E-state index contributed by atoms with van der Waals surface area (Å²) in [7, 11) is 1.99. The Morgan fingerprint density at radius 2 is 1.88 bits per heavy atom. The molecule has 130 valence electrons. The topological polar surface area (TPSA) is 155 Å². The van der Waals surface area contributed by atoms with Gasteiger partial charge < -0.3 is 26.6 Å². The van der Waals surface area contributed by atoms with Crippen LogP contribution in [0.25, 0.3) is 0 Å². The van der Waals surface area contributed by atoms with Gasteiger partial charge in [0.1, 0.15) is 6.34 Å². The lowest BCUT2D eigenvalue weighted by Crippen LogP contribution is -2.49. The van der Waals surface area contributed by atoms with E-state index in [-0.39, 0.29) is 28.5 Å². The third kappa shape index (κ3) is 4.43. The molecule has 1 saturated heterocycles. The fraction of sp³-hybridized carbons (Fsp3) is 0.417. The van der Waals surface area contributed by atoms with Crippen molar-refractivity contribution >= 4 is 41.5 Å². The predicted octanol–water partition coefficient (Wildman–Crippen LogP) is -1.08. The second-order valence-electron chi connectivity index (χ2n) is 5.07. The van der Waals surface area contributed by atoms with Gasteiger partial charge in [-0.15, -0.1) is 0 Å². The van der Waals surface area contributed by atoms with Crippen molar-refractivity contribution in [2.24, 2.45) is 5.10 Å². The summed E-state index contributed by atoms with van der Waals surface area (Å²) in [4.78, 5) is 34.9. The Balaban J connectivity index is 1.84. The van der Waals surface area contributed by atoms with E-state index < -0.39 is 5.91 Å². The molecular weight excluding hydrogens is 338 g/mol. The minimum Gasteiger partial charge on any atom is -0.382 e. The maximum absolute atomic E-state index is 11.9. The molecule has 12 heteroatoms. The molecule has 1 fully saturated rings. The fourth-order valence-corrected chi connectivity index (χ4v) is 2.06. The summed E-state index contributed by atoms with van der Waals surface area (Å²) >= 11 is 5.70. The van der Waals surface area contributed by atoms with E-state index in [0.29, 0.717) is 13.1 Å². The van der Waals surface area contributed by atoms with Gasteiger partial charge in [-0.2, -0.15) is 5.10 Å². The highest BCUT2D eigenvalue weighted by Gasteiger charge is 2.18. The number of piperazine rings is 1. The van der Waals surface area contributed by atoms with Crippen LogP contribution in [0.15, 0.2) is 5.10 Å². The number of urea groups is 1. The average molecular weight is 356 g/mol. The quantitative estimate of drug-likeness (QED) is 0.305. The molecule has 11 nitrogen and oxygen atoms in total. The summed E-state index contributed by atoms with van der Waals surface area (Å²) in [5.41, 5.74) is 13.1. The molecule has 3 amide bonds. The van der Waals surface area contributed by atoms with Crippen LogP contribution in [-0.4, -0.2) is 71.3 Å². The van der Waals surface area contributed by atoms with Crippen LogP contribution < -0.4 is 22.2 Å². The smallest absolute Gasteiger partial charge is 0.337 e. The van der Waals surface area contributed by atoms with E-state index in [2.05, 4.69) is 30.7 Å². The van der Waals surface area contributed by atoms with Gasteiger partial charge in [0.25, 0.3) is 5.91 Å². The van der Waals surface area contributed by atoms with E-state index in [1.165, 1.54) is 0 Å². The summed E-state index contributed by atoms with van der Waals surface area (Å²) in [6, 6.07) is -0.344. The van der Waals surface area contributed by atoms with E-state index in [9.17, 15) is 9.59 Å². The number of nitrogens with zero attached hydrogens (tertiary/aromatic N) is 5. The summed E-state index contributed by atoms with van der Waals surface area (Å²) in [5, 5.41) is 5.81. The van der Waals surface area contributed by atoms with Crippen molar-refractivity contribution in [3.63, 3.8) is 0 Å². The lowest BCUT2D eigenvalue weighted by atomic mass is 10.3. The normalized spacial score (nSPS) is 15.5. The summed E-state index contributed by atoms with van der Waals surface area (Å²) in [6.45, 7) is 2.81. The number of hydrazone groups is 1. The Morgan fingerprint density at radius 3 is 2.54 bits per heavy atom. The number of nitrogen functional groups attached to an aromatic ring is 2. The van der Waals surface area contributed by atoms with Crippen LogP contribution in [0, 0.1) is 0 Å². The second-order valence-corrected chi connectivity index (χ2v) is 5.43. The number of nitrogens with one attached hydrogen (secondary N) is 2. The highest BCUT2D eigenvalue weighted by molar-refractivity contribution is 6.31. The molecule has 0 aliphatic carbocycles. The van der Waals surface area contributed by atoms with Gasteiger partial charge in [0.15, 0.2) is 22.5 Å². The molecule has 24 heavy (non-hydrogen) atoms. The number of halogens is 1. The number of carbonyl (C=O) groups excluding carboxylic acids is 2. The van der Waals surface area contributed by atoms with E-state index in [1.54, 1.807) is 4.90 Å². The zero-order chi connectivity index (χ0) is 17.7. The van der Waals surface area contributed by atoms with E-state index in [0.717, 1.165) is 19.4 Å². The number of rotatable bonds is 3. The third-order valence-corrected chi connectivity index (χ3v) is 3.61. The van der Waals surface area contributed by atoms with E-state index >= 15 is 0 Å². The molecule has 0 radical (unpaired) electrons. The molecule has 1 aromatic rings. The molecule has 2 heterocycles. The molecule has 6 N–H and O–H groups in total. The summed E-state index contributed by atoms with van der Waals surface area (Å²) in [5.74, 6) is -0.914. The van der Waals surface area contributed by atoms with Crippen molar-refractivity contribution in [2.45, 2.75) is 0 Å². The van der Waals surface area contributed by atoms with Gasteiger partial charge >= 0.3 is 6.03 Å². The number of aromatic nitrogens is 2. The van der Waals surface area contributed by atoms with Gasteiger partial charge in [-0.25, -0.2) is 20.2 Å². The van der Waals surface area contributed by atoms with Crippen molar-refractivity contribution in [1.82, 2.24) is 30.5 Å². The van der Waals surface area contributed by atoms with Crippen molar-refractivity contribution in [2.75, 3.05) is 44.7 Å². The molecule has 1 aliphatic rings. The largest absolute Gasteiger partial charge is 0.382 e. The Morgan fingerprint density at radius 1 is 1.21 bits per heavy atom. The maximum Gasteiger partial charge on any atom is 0.337 e. The molecule has 0 atom stereocenters. The zero-order valence-electron chi connectivity index (χ0n) is 13.0. The minimum atomic E-state index is -0.681. The van der Waals surface area contributed by atoms with Crippen LogP contribution in [0.1, 0.15) is 10.5 Å². The first kappa shape index (κ1) is 17.7. The van der Waals surface area contributed by atoms with Gasteiger partial charge in [0.2, 0.25) is 0 Å². The van der Waals surface area contributed by atoms with Crippen LogP contribution in [0.4, 0.5) is 16.4 Å². The number of anilines is 2. The first-order chi connectivity index (χ1) is 11.4. The van der Waals surface area contributed by atoms with Crippen LogP contribution in [0.5, 0.6) is 0 Å². The molecule has 0 bridgehead atoms. The van der Waals surface area contributed by atoms with Crippen LogP contribution >= 0.6 is 11.6 Å². The monoisotopic (exact) mass is 355 g/mol. The SMILES string of the molecule is CN1CCN(C(=O)NN=CNC(=O)c2nc(Cl)c(N)nc2N)CC1. The summed E-state index contributed by atoms with van der Waals surface area (Å²) in [6.07, 6.45) is 1.02. The molecule has 0 spiro atoms. The Bertz CT molecular complexity index is 658. The van der Waals surface area contributed by atoms with E-state index in [1.807, 2.05) is 7.05 Å². The van der Waals surface area contributed by atoms with Crippen molar-refractivity contribution in [1.29, 1.82) is 0 Å². The van der Waals surface area contributed by atoms with Crippen LogP contribution in [0.3, 0.4) is 0 Å². The van der Waals surface area contributed by atoms with Gasteiger partial charge in [0.05, 0.1) is 0 Å². The van der Waals surface area contributed by atoms with Crippen molar-refractivity contribution in [3.8, 4) is 0 Å². The number of hydrogen-bond donors (Lipinski definition) is 4.